The van der Waals surface area contributed by atoms with Crippen molar-refractivity contribution in [2.45, 2.75) is 38.5 Å². The molecule has 0 atom stereocenters. The lowest BCUT2D eigenvalue weighted by Crippen LogP contribution is -2.17. The van der Waals surface area contributed by atoms with Crippen molar-refractivity contribution >= 4 is 39.8 Å². The third-order valence-electron chi connectivity index (χ3n) is 3.21. The summed E-state index contributed by atoms with van der Waals surface area (Å²) < 4.78 is 0. The van der Waals surface area contributed by atoms with Gasteiger partial charge in [-0.25, -0.2) is 0 Å². The zero-order valence-corrected chi connectivity index (χ0v) is 12.2. The van der Waals surface area contributed by atoms with Gasteiger partial charge in [0.2, 0.25) is 5.91 Å². The van der Waals surface area contributed by atoms with Gasteiger partial charge in [0.25, 0.3) is 5.91 Å². The van der Waals surface area contributed by atoms with E-state index in [1.54, 1.807) is 0 Å². The molecular weight excluding hydrogens is 284 g/mol. The van der Waals surface area contributed by atoms with Gasteiger partial charge in [0.1, 0.15) is 5.00 Å². The first-order chi connectivity index (χ1) is 9.13. The Morgan fingerprint density at radius 1 is 1.32 bits per heavy atom. The second kappa shape index (κ2) is 6.39. The number of anilines is 1. The normalized spacial score (nSPS) is 13.3. The smallest absolute Gasteiger partial charge is 0.251 e. The lowest BCUT2D eigenvalue weighted by molar-refractivity contribution is -0.116. The molecule has 0 fully saturated rings. The van der Waals surface area contributed by atoms with Crippen molar-refractivity contribution in [1.82, 2.24) is 0 Å². The van der Waals surface area contributed by atoms with Gasteiger partial charge in [0.15, 0.2) is 0 Å². The van der Waals surface area contributed by atoms with E-state index >= 15 is 0 Å². The molecule has 2 rings (SSSR count). The first-order valence-corrected chi connectivity index (χ1v) is 7.78. The van der Waals surface area contributed by atoms with Crippen LogP contribution >= 0.6 is 22.9 Å². The Kier molecular flexibility index (Phi) is 4.82. The highest BCUT2D eigenvalue weighted by Crippen LogP contribution is 2.38. The van der Waals surface area contributed by atoms with Gasteiger partial charge >= 0.3 is 0 Å². The second-order valence-electron chi connectivity index (χ2n) is 4.62. The molecular formula is C13H17ClN2O2S. The van der Waals surface area contributed by atoms with E-state index in [1.807, 2.05) is 0 Å². The molecule has 1 aromatic heterocycles. The average molecular weight is 301 g/mol. The number of thiophene rings is 1. The SMILES string of the molecule is NC(=O)c1c(NC(=O)CCCCCl)sc2c1CCC2. The molecule has 0 aromatic carbocycles. The van der Waals surface area contributed by atoms with Gasteiger partial charge < -0.3 is 11.1 Å². The molecule has 1 heterocycles. The summed E-state index contributed by atoms with van der Waals surface area (Å²) in [6.07, 6.45) is 4.92. The van der Waals surface area contributed by atoms with E-state index in [2.05, 4.69) is 5.32 Å². The first kappa shape index (κ1) is 14.3. The van der Waals surface area contributed by atoms with Crippen LogP contribution in [0.2, 0.25) is 0 Å². The number of fused-ring (bicyclic) bond motifs is 1. The van der Waals surface area contributed by atoms with Gasteiger partial charge in [0, 0.05) is 17.2 Å². The third kappa shape index (κ3) is 3.28. The maximum Gasteiger partial charge on any atom is 0.251 e. The molecule has 0 unspecified atom stereocenters. The van der Waals surface area contributed by atoms with E-state index in [1.165, 1.54) is 16.2 Å². The summed E-state index contributed by atoms with van der Waals surface area (Å²) in [4.78, 5) is 24.5. The molecule has 1 aromatic rings. The molecule has 0 radical (unpaired) electrons. The maximum atomic E-state index is 11.8. The van der Waals surface area contributed by atoms with Crippen LogP contribution in [0, 0.1) is 0 Å². The highest BCUT2D eigenvalue weighted by molar-refractivity contribution is 7.17. The number of hydrogen-bond donors (Lipinski definition) is 2. The predicted molar refractivity (Wildman–Crippen MR) is 78.1 cm³/mol. The Morgan fingerprint density at radius 2 is 2.11 bits per heavy atom. The van der Waals surface area contributed by atoms with Crippen molar-refractivity contribution in [1.29, 1.82) is 0 Å². The minimum absolute atomic E-state index is 0.0764. The monoisotopic (exact) mass is 300 g/mol. The number of unbranched alkanes of at least 4 members (excludes halogenated alkanes) is 1. The van der Waals surface area contributed by atoms with Gasteiger partial charge in [-0.1, -0.05) is 0 Å². The fourth-order valence-electron chi connectivity index (χ4n) is 2.32. The molecule has 3 N–H and O–H groups in total. The summed E-state index contributed by atoms with van der Waals surface area (Å²) in [5.41, 5.74) is 6.98. The number of amides is 2. The highest BCUT2D eigenvalue weighted by atomic mass is 35.5. The molecule has 19 heavy (non-hydrogen) atoms. The molecule has 1 aliphatic carbocycles. The minimum atomic E-state index is -0.449. The van der Waals surface area contributed by atoms with Crippen LogP contribution in [0.5, 0.6) is 0 Å². The van der Waals surface area contributed by atoms with E-state index in [0.717, 1.165) is 37.7 Å². The molecule has 0 aliphatic heterocycles. The zero-order valence-electron chi connectivity index (χ0n) is 10.6. The van der Waals surface area contributed by atoms with E-state index < -0.39 is 5.91 Å². The van der Waals surface area contributed by atoms with Gasteiger partial charge in [-0.3, -0.25) is 9.59 Å². The lowest BCUT2D eigenvalue weighted by Gasteiger charge is -2.05. The summed E-state index contributed by atoms with van der Waals surface area (Å²) in [6.45, 7) is 0. The molecule has 0 saturated carbocycles. The zero-order chi connectivity index (χ0) is 13.8. The largest absolute Gasteiger partial charge is 0.365 e. The number of rotatable bonds is 6. The molecule has 0 spiro atoms. The number of carbonyl (C=O) groups is 2. The first-order valence-electron chi connectivity index (χ1n) is 6.43. The average Bonchev–Trinajstić information content (AvgIpc) is 2.88. The van der Waals surface area contributed by atoms with Crippen molar-refractivity contribution in [3.8, 4) is 0 Å². The number of carbonyl (C=O) groups excluding carboxylic acids is 2. The van der Waals surface area contributed by atoms with Crippen LogP contribution in [0.25, 0.3) is 0 Å². The maximum absolute atomic E-state index is 11.8. The van der Waals surface area contributed by atoms with Crippen molar-refractivity contribution in [2.75, 3.05) is 11.2 Å². The van der Waals surface area contributed by atoms with Gasteiger partial charge in [0.05, 0.1) is 5.56 Å². The summed E-state index contributed by atoms with van der Waals surface area (Å²) in [6, 6.07) is 0. The van der Waals surface area contributed by atoms with Crippen LogP contribution < -0.4 is 11.1 Å². The van der Waals surface area contributed by atoms with Crippen LogP contribution in [0.3, 0.4) is 0 Å². The lowest BCUT2D eigenvalue weighted by atomic mass is 10.1. The molecule has 1 aliphatic rings. The van der Waals surface area contributed by atoms with Crippen LogP contribution in [-0.2, 0) is 17.6 Å². The van der Waals surface area contributed by atoms with E-state index in [0.29, 0.717) is 22.9 Å². The van der Waals surface area contributed by atoms with E-state index in [9.17, 15) is 9.59 Å². The van der Waals surface area contributed by atoms with Gasteiger partial charge in [-0.2, -0.15) is 0 Å². The number of nitrogens with one attached hydrogen (secondary N) is 1. The predicted octanol–water partition coefficient (Wildman–Crippen LogP) is 2.68. The Balaban J connectivity index is 2.08. The van der Waals surface area contributed by atoms with Crippen molar-refractivity contribution in [3.05, 3.63) is 16.0 Å². The second-order valence-corrected chi connectivity index (χ2v) is 6.10. The fourth-order valence-corrected chi connectivity index (χ4v) is 3.82. The van der Waals surface area contributed by atoms with Crippen LogP contribution in [0.15, 0.2) is 0 Å². The van der Waals surface area contributed by atoms with Gasteiger partial charge in [-0.15, -0.1) is 22.9 Å². The number of primary amides is 1. The Bertz CT molecular complexity index is 499. The number of aryl methyl sites for hydroxylation is 1. The molecule has 104 valence electrons. The van der Waals surface area contributed by atoms with Gasteiger partial charge in [-0.05, 0) is 37.7 Å². The van der Waals surface area contributed by atoms with Crippen LogP contribution in [0.4, 0.5) is 5.00 Å². The van der Waals surface area contributed by atoms with Crippen molar-refractivity contribution in [3.63, 3.8) is 0 Å². The standard InChI is InChI=1S/C13H17ClN2O2S/c14-7-2-1-6-10(17)16-13-11(12(15)18)8-4-3-5-9(8)19-13/h1-7H2,(H2,15,18)(H,16,17). The van der Waals surface area contributed by atoms with E-state index in [-0.39, 0.29) is 5.91 Å². The summed E-state index contributed by atoms with van der Waals surface area (Å²) >= 11 is 7.06. The Labute approximate surface area is 121 Å². The Morgan fingerprint density at radius 3 is 2.79 bits per heavy atom. The molecule has 6 heteroatoms. The highest BCUT2D eigenvalue weighted by Gasteiger charge is 2.25. The molecule has 0 saturated heterocycles. The van der Waals surface area contributed by atoms with Crippen molar-refractivity contribution < 1.29 is 9.59 Å². The minimum Gasteiger partial charge on any atom is -0.365 e. The van der Waals surface area contributed by atoms with Crippen molar-refractivity contribution in [2.24, 2.45) is 5.73 Å². The summed E-state index contributed by atoms with van der Waals surface area (Å²) in [7, 11) is 0. The number of alkyl halides is 1. The Hall–Kier alpha value is -1.07. The van der Waals surface area contributed by atoms with Crippen LogP contribution in [0.1, 0.15) is 46.5 Å². The topological polar surface area (TPSA) is 72.2 Å². The van der Waals surface area contributed by atoms with Crippen LogP contribution in [-0.4, -0.2) is 17.7 Å². The summed E-state index contributed by atoms with van der Waals surface area (Å²) in [5.74, 6) is 0.0376. The summed E-state index contributed by atoms with van der Waals surface area (Å²) in [5, 5.41) is 3.43. The molecule has 0 bridgehead atoms. The molecule has 2 amide bonds. The number of halogens is 1. The fraction of sp³-hybridized carbons (Fsp3) is 0.538. The quantitative estimate of drug-likeness (QED) is 0.626. The number of nitrogens with two attached hydrogens (primary N) is 1. The third-order valence-corrected chi connectivity index (χ3v) is 4.68. The molecule has 4 nitrogen and oxygen atoms in total. The number of hydrogen-bond acceptors (Lipinski definition) is 3. The van der Waals surface area contributed by atoms with E-state index in [4.69, 9.17) is 17.3 Å².